The Hall–Kier alpha value is -1.88. The Morgan fingerprint density at radius 1 is 1.68 bits per heavy atom. The molecule has 0 aromatic heterocycles. The molecular formula is C12H17N3O4. The van der Waals surface area contributed by atoms with Gasteiger partial charge in [-0.25, -0.2) is 0 Å². The Kier molecular flexibility index (Phi) is 5.06. The summed E-state index contributed by atoms with van der Waals surface area (Å²) in [6.07, 6.45) is -0.295. The first kappa shape index (κ1) is 15.2. The lowest BCUT2D eigenvalue weighted by Crippen LogP contribution is -2.39. The lowest BCUT2D eigenvalue weighted by molar-refractivity contribution is -0.139. The number of hydrogen-bond donors (Lipinski definition) is 3. The predicted octanol–water partition coefficient (Wildman–Crippen LogP) is -0.961. The normalized spacial score (nSPS) is 30.2. The van der Waals surface area contributed by atoms with E-state index in [2.05, 4.69) is 6.58 Å². The summed E-state index contributed by atoms with van der Waals surface area (Å²) in [4.78, 5) is 12.7. The van der Waals surface area contributed by atoms with Gasteiger partial charge in [0.15, 0.2) is 6.23 Å². The largest absolute Gasteiger partial charge is 0.399 e. The Morgan fingerprint density at radius 2 is 2.32 bits per heavy atom. The molecule has 7 nitrogen and oxygen atoms in total. The number of allylic oxidation sites excluding steroid dienone is 1. The average molecular weight is 267 g/mol. The number of hydrogen-bond acceptors (Lipinski definition) is 6. The van der Waals surface area contributed by atoms with Crippen LogP contribution in [-0.4, -0.2) is 46.1 Å². The fourth-order valence-electron chi connectivity index (χ4n) is 1.82. The minimum atomic E-state index is -1.16. The van der Waals surface area contributed by atoms with Crippen molar-refractivity contribution in [2.75, 3.05) is 6.61 Å². The van der Waals surface area contributed by atoms with Crippen molar-refractivity contribution in [3.63, 3.8) is 0 Å². The summed E-state index contributed by atoms with van der Waals surface area (Å²) >= 11 is 0. The van der Waals surface area contributed by atoms with Crippen molar-refractivity contribution in [2.24, 2.45) is 11.7 Å². The molecule has 1 rings (SSSR count). The van der Waals surface area contributed by atoms with Crippen LogP contribution in [0.2, 0.25) is 0 Å². The first-order chi connectivity index (χ1) is 8.92. The van der Waals surface area contributed by atoms with E-state index in [1.165, 1.54) is 19.2 Å². The molecule has 1 unspecified atom stereocenters. The van der Waals surface area contributed by atoms with E-state index in [0.717, 1.165) is 4.90 Å². The number of amides is 1. The molecule has 1 heterocycles. The van der Waals surface area contributed by atoms with Crippen molar-refractivity contribution in [1.82, 2.24) is 4.90 Å². The van der Waals surface area contributed by atoms with E-state index in [4.69, 9.17) is 20.8 Å². The Balaban J connectivity index is 2.99. The molecule has 1 fully saturated rings. The van der Waals surface area contributed by atoms with Crippen molar-refractivity contribution >= 4 is 5.91 Å². The number of nitrogens with two attached hydrogens (primary N) is 1. The van der Waals surface area contributed by atoms with E-state index < -0.39 is 31.0 Å². The molecule has 0 aromatic carbocycles. The van der Waals surface area contributed by atoms with Gasteiger partial charge in [-0.3, -0.25) is 9.69 Å². The molecule has 1 saturated heterocycles. The fourth-order valence-corrected chi connectivity index (χ4v) is 1.82. The Morgan fingerprint density at radius 3 is 2.74 bits per heavy atom. The zero-order valence-corrected chi connectivity index (χ0v) is 10.6. The topological polar surface area (TPSA) is 120 Å². The predicted molar refractivity (Wildman–Crippen MR) is 65.8 cm³/mol. The zero-order chi connectivity index (χ0) is 14.6. The van der Waals surface area contributed by atoms with Crippen molar-refractivity contribution < 1.29 is 19.7 Å². The Labute approximate surface area is 111 Å². The summed E-state index contributed by atoms with van der Waals surface area (Å²) in [5.41, 5.74) is 5.61. The molecule has 0 radical (unpaired) electrons. The zero-order valence-electron chi connectivity index (χ0n) is 10.6. The van der Waals surface area contributed by atoms with Crippen LogP contribution in [0.25, 0.3) is 0 Å². The summed E-state index contributed by atoms with van der Waals surface area (Å²) in [7, 11) is 0. The summed E-state index contributed by atoms with van der Waals surface area (Å²) < 4.78 is 5.34. The van der Waals surface area contributed by atoms with Gasteiger partial charge in [0.1, 0.15) is 18.1 Å². The van der Waals surface area contributed by atoms with Gasteiger partial charge in [-0.05, 0) is 6.08 Å². The van der Waals surface area contributed by atoms with Crippen molar-refractivity contribution in [2.45, 2.75) is 25.4 Å². The highest BCUT2D eigenvalue weighted by Crippen LogP contribution is 2.29. The molecule has 0 spiro atoms. The molecule has 4 N–H and O–H groups in total. The maximum absolute atomic E-state index is 11.6. The van der Waals surface area contributed by atoms with Crippen LogP contribution >= 0.6 is 0 Å². The minimum Gasteiger partial charge on any atom is -0.399 e. The lowest BCUT2D eigenvalue weighted by Gasteiger charge is -2.25. The number of nitrogens with zero attached hydrogens (tertiary/aromatic N) is 2. The lowest BCUT2D eigenvalue weighted by atomic mass is 10.0. The van der Waals surface area contributed by atoms with Gasteiger partial charge in [0, 0.05) is 18.8 Å². The molecule has 19 heavy (non-hydrogen) atoms. The highest BCUT2D eigenvalue weighted by molar-refractivity contribution is 5.74. The van der Waals surface area contributed by atoms with Gasteiger partial charge in [-0.2, -0.15) is 5.26 Å². The van der Waals surface area contributed by atoms with Gasteiger partial charge >= 0.3 is 0 Å². The van der Waals surface area contributed by atoms with E-state index in [1.54, 1.807) is 0 Å². The van der Waals surface area contributed by atoms with Crippen molar-refractivity contribution in [1.29, 1.82) is 5.26 Å². The molecule has 1 amide bonds. The van der Waals surface area contributed by atoms with Gasteiger partial charge in [0.25, 0.3) is 0 Å². The van der Waals surface area contributed by atoms with Gasteiger partial charge in [-0.1, -0.05) is 6.58 Å². The molecule has 7 heteroatoms. The van der Waals surface area contributed by atoms with E-state index in [-0.39, 0.29) is 11.6 Å². The van der Waals surface area contributed by atoms with Crippen LogP contribution in [0, 0.1) is 17.2 Å². The fraction of sp³-hybridized carbons (Fsp3) is 0.500. The molecule has 0 aromatic rings. The highest BCUT2D eigenvalue weighted by Gasteiger charge is 2.46. The molecule has 0 saturated carbocycles. The molecule has 0 bridgehead atoms. The molecule has 1 aliphatic rings. The smallest absolute Gasteiger partial charge is 0.225 e. The van der Waals surface area contributed by atoms with Gasteiger partial charge in [0.05, 0.1) is 12.7 Å². The van der Waals surface area contributed by atoms with E-state index in [9.17, 15) is 9.90 Å². The van der Waals surface area contributed by atoms with Crippen LogP contribution in [0.4, 0.5) is 0 Å². The van der Waals surface area contributed by atoms with Crippen molar-refractivity contribution in [3.05, 3.63) is 24.6 Å². The third kappa shape index (κ3) is 3.32. The van der Waals surface area contributed by atoms with Crippen LogP contribution in [-0.2, 0) is 9.53 Å². The first-order valence-corrected chi connectivity index (χ1v) is 5.67. The third-order valence-electron chi connectivity index (χ3n) is 2.79. The van der Waals surface area contributed by atoms with Gasteiger partial charge < -0.3 is 20.7 Å². The monoisotopic (exact) mass is 267 g/mol. The second-order valence-corrected chi connectivity index (χ2v) is 4.21. The second-order valence-electron chi connectivity index (χ2n) is 4.21. The van der Waals surface area contributed by atoms with Crippen LogP contribution < -0.4 is 5.73 Å². The number of aliphatic hydroxyl groups excluding tert-OH is 2. The minimum absolute atomic E-state index is 0.233. The van der Waals surface area contributed by atoms with Crippen LogP contribution in [0.3, 0.4) is 0 Å². The molecule has 1 aliphatic heterocycles. The van der Waals surface area contributed by atoms with E-state index >= 15 is 0 Å². The maximum Gasteiger partial charge on any atom is 0.225 e. The second kappa shape index (κ2) is 6.33. The number of carbonyl (C=O) groups is 1. The number of nitriles is 1. The van der Waals surface area contributed by atoms with Crippen molar-refractivity contribution in [3.8, 4) is 6.07 Å². The average Bonchev–Trinajstić information content (AvgIpc) is 2.65. The highest BCUT2D eigenvalue weighted by atomic mass is 16.5. The molecule has 4 atom stereocenters. The Bertz CT molecular complexity index is 429. The van der Waals surface area contributed by atoms with Crippen LogP contribution in [0.15, 0.2) is 24.6 Å². The SMILES string of the molecule is C=C(N)/C=C\N(C(C)=O)C1O[C@H](CO)[C@@H](O)[C@@H]1C#N. The van der Waals surface area contributed by atoms with E-state index in [1.807, 2.05) is 6.07 Å². The van der Waals surface area contributed by atoms with E-state index in [0.29, 0.717) is 0 Å². The first-order valence-electron chi connectivity index (χ1n) is 5.67. The third-order valence-corrected chi connectivity index (χ3v) is 2.79. The van der Waals surface area contributed by atoms with Gasteiger partial charge in [0.2, 0.25) is 5.91 Å². The summed E-state index contributed by atoms with van der Waals surface area (Å²) in [5.74, 6) is -1.33. The standard InChI is InChI=1S/C12H17N3O4/c1-7(14)3-4-15(8(2)17)12-9(5-13)11(18)10(6-16)19-12/h3-4,9-12,16,18H,1,6,14H2,2H3/b4-3-/t9-,10+,11-,12?/m0/s1. The number of ether oxygens (including phenoxy) is 1. The maximum atomic E-state index is 11.6. The molecule has 0 aliphatic carbocycles. The molecule has 104 valence electrons. The van der Waals surface area contributed by atoms with Crippen LogP contribution in [0.5, 0.6) is 0 Å². The summed E-state index contributed by atoms with van der Waals surface area (Å²) in [5, 5.41) is 27.9. The number of carbonyl (C=O) groups excluding carboxylic acids is 1. The van der Waals surface area contributed by atoms with Crippen LogP contribution in [0.1, 0.15) is 6.92 Å². The quantitative estimate of drug-likeness (QED) is 0.564. The number of aliphatic hydroxyl groups is 2. The summed E-state index contributed by atoms with van der Waals surface area (Å²) in [6.45, 7) is 4.31. The number of rotatable bonds is 4. The molecular weight excluding hydrogens is 250 g/mol. The summed E-state index contributed by atoms with van der Waals surface area (Å²) in [6, 6.07) is 1.88. The van der Waals surface area contributed by atoms with Gasteiger partial charge in [-0.15, -0.1) is 0 Å².